The molecule has 0 amide bonds. The van der Waals surface area contributed by atoms with Gasteiger partial charge in [0.25, 0.3) is 5.56 Å². The summed E-state index contributed by atoms with van der Waals surface area (Å²) in [6.07, 6.45) is 2.50. The third-order valence-electron chi connectivity index (χ3n) is 3.15. The van der Waals surface area contributed by atoms with E-state index in [1.165, 1.54) is 21.9 Å². The maximum atomic E-state index is 12.0. The van der Waals surface area contributed by atoms with Crippen LogP contribution in [-0.2, 0) is 24.8 Å². The zero-order chi connectivity index (χ0) is 15.7. The first-order valence-corrected chi connectivity index (χ1v) is 7.57. The van der Waals surface area contributed by atoms with Crippen LogP contribution in [0.5, 0.6) is 0 Å². The van der Waals surface area contributed by atoms with E-state index in [9.17, 15) is 9.59 Å². The lowest BCUT2D eigenvalue weighted by Gasteiger charge is -2.05. The molecule has 0 bridgehead atoms. The van der Waals surface area contributed by atoms with Crippen molar-refractivity contribution in [3.8, 4) is 0 Å². The third kappa shape index (κ3) is 2.64. The lowest BCUT2D eigenvalue weighted by atomic mass is 10.4. The number of esters is 1. The van der Waals surface area contributed by atoms with Crippen LogP contribution in [-0.4, -0.2) is 25.1 Å². The highest BCUT2D eigenvalue weighted by Crippen LogP contribution is 2.12. The van der Waals surface area contributed by atoms with Crippen LogP contribution in [0.4, 0.5) is 0 Å². The van der Waals surface area contributed by atoms with E-state index in [1.807, 2.05) is 6.92 Å². The van der Waals surface area contributed by atoms with Gasteiger partial charge in [-0.25, -0.2) is 9.78 Å². The number of rotatable bonds is 4. The van der Waals surface area contributed by atoms with Gasteiger partial charge in [-0.1, -0.05) is 18.3 Å². The molecular weight excluding hydrogens is 304 g/mol. The summed E-state index contributed by atoms with van der Waals surface area (Å²) in [5.74, 6) is -0.451. The van der Waals surface area contributed by atoms with Crippen LogP contribution in [0.3, 0.4) is 0 Å². The average Bonchev–Trinajstić information content (AvgIpc) is 3.10. The molecule has 3 aromatic rings. The van der Waals surface area contributed by atoms with E-state index in [-0.39, 0.29) is 12.2 Å². The molecule has 0 aromatic carbocycles. The average molecular weight is 318 g/mol. The Bertz CT molecular complexity index is 893. The Hall–Kier alpha value is -2.48. The fourth-order valence-electron chi connectivity index (χ4n) is 2.00. The molecular formula is C14H14N4O3S. The van der Waals surface area contributed by atoms with Crippen molar-refractivity contribution in [3.63, 3.8) is 0 Å². The van der Waals surface area contributed by atoms with Crippen molar-refractivity contribution < 1.29 is 9.53 Å². The minimum atomic E-state index is -0.451. The van der Waals surface area contributed by atoms with Gasteiger partial charge in [-0.15, -0.1) is 0 Å². The number of ether oxygens (including phenoxy) is 1. The molecule has 0 N–H and O–H groups in total. The molecule has 0 spiro atoms. The monoisotopic (exact) mass is 318 g/mol. The number of aromatic nitrogens is 4. The number of hydrogen-bond donors (Lipinski definition) is 0. The number of carbonyl (C=O) groups is 1. The topological polar surface area (TPSA) is 78.5 Å². The highest BCUT2D eigenvalue weighted by atomic mass is 32.1. The van der Waals surface area contributed by atoms with Crippen LogP contribution in [0.25, 0.3) is 4.96 Å². The minimum absolute atomic E-state index is 0.0465. The molecule has 0 aliphatic rings. The van der Waals surface area contributed by atoms with Gasteiger partial charge < -0.3 is 9.30 Å². The Kier molecular flexibility index (Phi) is 3.76. The first kappa shape index (κ1) is 14.5. The SMILES string of the molecule is CCc1nn2c(=O)cc(COC(=O)c3cccn3C)nc2s1. The summed E-state index contributed by atoms with van der Waals surface area (Å²) in [4.78, 5) is 28.7. The molecule has 0 radical (unpaired) electrons. The standard InChI is InChI=1S/C14H14N4O3S/c1-3-11-16-18-12(19)7-9(15-14(18)22-11)8-21-13(20)10-5-4-6-17(10)2/h4-7H,3,8H2,1-2H3. The molecule has 114 valence electrons. The van der Waals surface area contributed by atoms with Crippen molar-refractivity contribution in [1.82, 2.24) is 19.2 Å². The second kappa shape index (κ2) is 5.72. The first-order valence-electron chi connectivity index (χ1n) is 6.75. The van der Waals surface area contributed by atoms with E-state index in [0.29, 0.717) is 16.3 Å². The lowest BCUT2D eigenvalue weighted by Crippen LogP contribution is -2.17. The largest absolute Gasteiger partial charge is 0.454 e. The van der Waals surface area contributed by atoms with Crippen molar-refractivity contribution in [2.24, 2.45) is 7.05 Å². The summed E-state index contributed by atoms with van der Waals surface area (Å²) in [5, 5.41) is 5.00. The predicted molar refractivity (Wildman–Crippen MR) is 81.0 cm³/mol. The Morgan fingerprint density at radius 1 is 1.45 bits per heavy atom. The molecule has 3 heterocycles. The van der Waals surface area contributed by atoms with E-state index in [0.717, 1.165) is 11.4 Å². The van der Waals surface area contributed by atoms with Crippen molar-refractivity contribution >= 4 is 22.3 Å². The Morgan fingerprint density at radius 3 is 2.95 bits per heavy atom. The molecule has 0 fully saturated rings. The summed E-state index contributed by atoms with van der Waals surface area (Å²) in [7, 11) is 1.76. The minimum Gasteiger partial charge on any atom is -0.454 e. The van der Waals surface area contributed by atoms with Crippen molar-refractivity contribution in [1.29, 1.82) is 0 Å². The number of hydrogen-bond acceptors (Lipinski definition) is 6. The third-order valence-corrected chi connectivity index (χ3v) is 4.20. The second-order valence-corrected chi connectivity index (χ2v) is 5.75. The number of fused-ring (bicyclic) bond motifs is 1. The van der Waals surface area contributed by atoms with Gasteiger partial charge in [-0.3, -0.25) is 4.79 Å². The summed E-state index contributed by atoms with van der Waals surface area (Å²) in [6, 6.07) is 4.77. The molecule has 3 aromatic heterocycles. The van der Waals surface area contributed by atoms with Crippen molar-refractivity contribution in [2.45, 2.75) is 20.0 Å². The van der Waals surface area contributed by atoms with Crippen LogP contribution in [0.2, 0.25) is 0 Å². The zero-order valence-electron chi connectivity index (χ0n) is 12.1. The molecule has 3 rings (SSSR count). The zero-order valence-corrected chi connectivity index (χ0v) is 13.0. The van der Waals surface area contributed by atoms with E-state index in [4.69, 9.17) is 4.74 Å². The molecule has 0 saturated heterocycles. The van der Waals surface area contributed by atoms with Crippen LogP contribution >= 0.6 is 11.3 Å². The van der Waals surface area contributed by atoms with Crippen LogP contribution in [0.15, 0.2) is 29.2 Å². The van der Waals surface area contributed by atoms with Gasteiger partial charge in [0, 0.05) is 19.3 Å². The quantitative estimate of drug-likeness (QED) is 0.680. The molecule has 0 aliphatic heterocycles. The van der Waals surface area contributed by atoms with E-state index in [1.54, 1.807) is 29.9 Å². The van der Waals surface area contributed by atoms with Gasteiger partial charge in [-0.05, 0) is 18.6 Å². The van der Waals surface area contributed by atoms with Gasteiger partial charge in [-0.2, -0.15) is 9.61 Å². The van der Waals surface area contributed by atoms with Gasteiger partial charge in [0.05, 0.1) is 5.69 Å². The molecule has 22 heavy (non-hydrogen) atoms. The molecule has 0 unspecified atom stereocenters. The summed E-state index contributed by atoms with van der Waals surface area (Å²) < 4.78 is 8.15. The molecule has 0 atom stereocenters. The maximum absolute atomic E-state index is 12.0. The summed E-state index contributed by atoms with van der Waals surface area (Å²) >= 11 is 1.36. The molecule has 7 nitrogen and oxygen atoms in total. The van der Waals surface area contributed by atoms with Crippen LogP contribution in [0, 0.1) is 0 Å². The highest BCUT2D eigenvalue weighted by molar-refractivity contribution is 7.16. The predicted octanol–water partition coefficient (Wildman–Crippen LogP) is 1.41. The van der Waals surface area contributed by atoms with Crippen LogP contribution in [0.1, 0.15) is 28.1 Å². The number of nitrogens with zero attached hydrogens (tertiary/aromatic N) is 4. The lowest BCUT2D eigenvalue weighted by molar-refractivity contribution is 0.0456. The van der Waals surface area contributed by atoms with E-state index >= 15 is 0 Å². The maximum Gasteiger partial charge on any atom is 0.355 e. The first-order chi connectivity index (χ1) is 10.6. The molecule has 0 aliphatic carbocycles. The molecule has 8 heteroatoms. The normalized spacial score (nSPS) is 11.0. The van der Waals surface area contributed by atoms with Gasteiger partial charge >= 0.3 is 5.97 Å². The van der Waals surface area contributed by atoms with E-state index < -0.39 is 5.97 Å². The van der Waals surface area contributed by atoms with Gasteiger partial charge in [0.2, 0.25) is 4.96 Å². The smallest absolute Gasteiger partial charge is 0.355 e. The summed E-state index contributed by atoms with van der Waals surface area (Å²) in [6.45, 7) is 1.92. The summed E-state index contributed by atoms with van der Waals surface area (Å²) in [5.41, 5.74) is 0.591. The fourth-order valence-corrected chi connectivity index (χ4v) is 2.86. The van der Waals surface area contributed by atoms with Crippen molar-refractivity contribution in [2.75, 3.05) is 0 Å². The van der Waals surface area contributed by atoms with E-state index in [2.05, 4.69) is 10.1 Å². The Labute approximate surface area is 129 Å². The van der Waals surface area contributed by atoms with Gasteiger partial charge in [0.1, 0.15) is 17.3 Å². The Balaban J connectivity index is 1.81. The highest BCUT2D eigenvalue weighted by Gasteiger charge is 2.13. The number of aryl methyl sites for hydroxylation is 2. The van der Waals surface area contributed by atoms with Crippen molar-refractivity contribution in [3.05, 3.63) is 51.1 Å². The molecule has 0 saturated carbocycles. The van der Waals surface area contributed by atoms with Crippen LogP contribution < -0.4 is 5.56 Å². The fraction of sp³-hybridized carbons (Fsp3) is 0.286. The number of carbonyl (C=O) groups excluding carboxylic acids is 1. The second-order valence-electron chi connectivity index (χ2n) is 4.71. The van der Waals surface area contributed by atoms with Gasteiger partial charge in [0.15, 0.2) is 0 Å². The Morgan fingerprint density at radius 2 is 2.27 bits per heavy atom.